The van der Waals surface area contributed by atoms with Crippen molar-refractivity contribution >= 4 is 38.9 Å². The van der Waals surface area contributed by atoms with Gasteiger partial charge in [0.15, 0.2) is 6.61 Å². The normalized spacial score (nSPS) is 11.6. The Balaban J connectivity index is 1.56. The van der Waals surface area contributed by atoms with Gasteiger partial charge in [0.05, 0.1) is 11.1 Å². The Labute approximate surface area is 164 Å². The zero-order chi connectivity index (χ0) is 20.3. The summed E-state index contributed by atoms with van der Waals surface area (Å²) in [7, 11) is -3.25. The minimum Gasteiger partial charge on any atom is -0.451 e. The number of aromatic nitrogens is 4. The summed E-state index contributed by atoms with van der Waals surface area (Å²) in [6.07, 6.45) is 3.10. The van der Waals surface area contributed by atoms with Crippen LogP contribution in [0, 0.1) is 6.92 Å². The molecule has 0 unspecified atom stereocenters. The fourth-order valence-electron chi connectivity index (χ4n) is 2.28. The maximum atomic E-state index is 12.2. The molecule has 0 fully saturated rings. The van der Waals surface area contributed by atoms with Crippen LogP contribution < -0.4 is 4.72 Å². The molecular formula is C16H17N5O5S2. The number of ether oxygens (including phenoxy) is 1. The van der Waals surface area contributed by atoms with Crippen LogP contribution >= 0.6 is 11.3 Å². The number of Topliss-reactive ketones (excluding diaryl/α,β-unsaturated/α-hetero) is 1. The van der Waals surface area contributed by atoms with E-state index in [1.807, 2.05) is 0 Å². The van der Waals surface area contributed by atoms with E-state index in [4.69, 9.17) is 4.74 Å². The molecule has 3 aromatic heterocycles. The third-order valence-corrected chi connectivity index (χ3v) is 5.53. The standard InChI is InChI=1S/C16H17N5O5S2/c1-10-5-7-17-16-19-14(20-21(10)16)15(23)26-9-12(22)13-4-3-11(27-13)6-8-18-28(2,24)25/h3-5,7,18H,6,8-9H2,1-2H3. The summed E-state index contributed by atoms with van der Waals surface area (Å²) in [4.78, 5) is 33.6. The van der Waals surface area contributed by atoms with Crippen molar-refractivity contribution in [3.63, 3.8) is 0 Å². The predicted molar refractivity (Wildman–Crippen MR) is 101 cm³/mol. The predicted octanol–water partition coefficient (Wildman–Crippen LogP) is 0.626. The number of esters is 1. The maximum absolute atomic E-state index is 12.2. The van der Waals surface area contributed by atoms with Crippen LogP contribution in [0.2, 0.25) is 0 Å². The molecule has 0 aliphatic rings. The average molecular weight is 423 g/mol. The highest BCUT2D eigenvalue weighted by atomic mass is 32.2. The number of thiophene rings is 1. The zero-order valence-electron chi connectivity index (χ0n) is 15.1. The number of fused-ring (bicyclic) bond motifs is 1. The van der Waals surface area contributed by atoms with Crippen LogP contribution in [0.25, 0.3) is 5.78 Å². The Morgan fingerprint density at radius 2 is 2.07 bits per heavy atom. The summed E-state index contributed by atoms with van der Waals surface area (Å²) in [5.41, 5.74) is 0.754. The van der Waals surface area contributed by atoms with E-state index < -0.39 is 22.6 Å². The molecule has 0 amide bonds. The first-order chi connectivity index (χ1) is 13.2. The van der Waals surface area contributed by atoms with Crippen LogP contribution in [-0.4, -0.2) is 59.2 Å². The summed E-state index contributed by atoms with van der Waals surface area (Å²) >= 11 is 1.22. The smallest absolute Gasteiger partial charge is 0.378 e. The summed E-state index contributed by atoms with van der Waals surface area (Å²) < 4.78 is 30.9. The second kappa shape index (κ2) is 8.12. The topological polar surface area (TPSA) is 133 Å². The van der Waals surface area contributed by atoms with Crippen LogP contribution in [0.3, 0.4) is 0 Å². The molecule has 0 spiro atoms. The lowest BCUT2D eigenvalue weighted by Crippen LogP contribution is -2.24. The van der Waals surface area contributed by atoms with Gasteiger partial charge >= 0.3 is 5.97 Å². The number of carbonyl (C=O) groups is 2. The van der Waals surface area contributed by atoms with Crippen molar-refractivity contribution in [2.45, 2.75) is 13.3 Å². The third kappa shape index (κ3) is 4.97. The minimum atomic E-state index is -3.25. The van der Waals surface area contributed by atoms with Gasteiger partial charge in [-0.05, 0) is 31.5 Å². The highest BCUT2D eigenvalue weighted by Crippen LogP contribution is 2.18. The fourth-order valence-corrected chi connectivity index (χ4v) is 3.69. The molecule has 0 atom stereocenters. The van der Waals surface area contributed by atoms with Crippen LogP contribution in [0.15, 0.2) is 24.4 Å². The molecule has 28 heavy (non-hydrogen) atoms. The van der Waals surface area contributed by atoms with Crippen molar-refractivity contribution in [2.75, 3.05) is 19.4 Å². The van der Waals surface area contributed by atoms with E-state index in [2.05, 4.69) is 19.8 Å². The molecule has 0 aliphatic carbocycles. The van der Waals surface area contributed by atoms with E-state index in [-0.39, 0.29) is 23.9 Å². The number of aryl methyl sites for hydroxylation is 1. The van der Waals surface area contributed by atoms with E-state index in [1.165, 1.54) is 15.9 Å². The van der Waals surface area contributed by atoms with Crippen molar-refractivity contribution < 1.29 is 22.7 Å². The van der Waals surface area contributed by atoms with Gasteiger partial charge in [-0.1, -0.05) is 0 Å². The van der Waals surface area contributed by atoms with Crippen molar-refractivity contribution in [2.24, 2.45) is 0 Å². The van der Waals surface area contributed by atoms with Gasteiger partial charge < -0.3 is 4.74 Å². The Hall–Kier alpha value is -2.70. The Morgan fingerprint density at radius 3 is 2.79 bits per heavy atom. The second-order valence-electron chi connectivity index (χ2n) is 5.92. The van der Waals surface area contributed by atoms with E-state index in [1.54, 1.807) is 31.3 Å². The lowest BCUT2D eigenvalue weighted by molar-refractivity contribution is 0.0464. The molecular weight excluding hydrogens is 406 g/mol. The number of sulfonamides is 1. The van der Waals surface area contributed by atoms with Crippen molar-refractivity contribution in [1.29, 1.82) is 0 Å². The molecule has 1 N–H and O–H groups in total. The van der Waals surface area contributed by atoms with Gasteiger partial charge in [0, 0.05) is 23.3 Å². The Bertz CT molecular complexity index is 1140. The molecule has 148 valence electrons. The largest absolute Gasteiger partial charge is 0.451 e. The van der Waals surface area contributed by atoms with Crippen LogP contribution in [-0.2, 0) is 21.2 Å². The summed E-state index contributed by atoms with van der Waals surface area (Å²) in [5.74, 6) is -1.08. The maximum Gasteiger partial charge on any atom is 0.378 e. The fraction of sp³-hybridized carbons (Fsp3) is 0.312. The molecule has 3 aromatic rings. The Kier molecular flexibility index (Phi) is 5.82. The van der Waals surface area contributed by atoms with E-state index in [9.17, 15) is 18.0 Å². The lowest BCUT2D eigenvalue weighted by Gasteiger charge is -2.00. The first-order valence-electron chi connectivity index (χ1n) is 8.15. The molecule has 0 saturated carbocycles. The monoisotopic (exact) mass is 423 g/mol. The van der Waals surface area contributed by atoms with Gasteiger partial charge in [-0.25, -0.2) is 27.4 Å². The quantitative estimate of drug-likeness (QED) is 0.412. The minimum absolute atomic E-state index is 0.173. The molecule has 0 aromatic carbocycles. The number of hydrogen-bond donors (Lipinski definition) is 1. The van der Waals surface area contributed by atoms with Crippen LogP contribution in [0.4, 0.5) is 0 Å². The molecule has 3 rings (SSSR count). The van der Waals surface area contributed by atoms with Crippen molar-refractivity contribution in [1.82, 2.24) is 24.3 Å². The van der Waals surface area contributed by atoms with Gasteiger partial charge in [-0.3, -0.25) is 4.79 Å². The highest BCUT2D eigenvalue weighted by molar-refractivity contribution is 7.88. The first kappa shape index (κ1) is 20.0. The van der Waals surface area contributed by atoms with E-state index in [0.29, 0.717) is 11.3 Å². The molecule has 0 aliphatic heterocycles. The van der Waals surface area contributed by atoms with Crippen LogP contribution in [0.5, 0.6) is 0 Å². The highest BCUT2D eigenvalue weighted by Gasteiger charge is 2.18. The Morgan fingerprint density at radius 1 is 1.29 bits per heavy atom. The second-order valence-corrected chi connectivity index (χ2v) is 8.92. The van der Waals surface area contributed by atoms with Crippen molar-refractivity contribution in [3.05, 3.63) is 45.7 Å². The lowest BCUT2D eigenvalue weighted by atomic mass is 10.3. The molecule has 0 radical (unpaired) electrons. The third-order valence-electron chi connectivity index (χ3n) is 3.62. The van der Waals surface area contributed by atoms with Gasteiger partial charge in [0.1, 0.15) is 0 Å². The molecule has 3 heterocycles. The average Bonchev–Trinajstić information content (AvgIpc) is 3.26. The number of rotatable bonds is 8. The number of carbonyl (C=O) groups excluding carboxylic acids is 2. The zero-order valence-corrected chi connectivity index (χ0v) is 16.7. The van der Waals surface area contributed by atoms with Gasteiger partial charge in [0.2, 0.25) is 15.8 Å². The molecule has 0 saturated heterocycles. The van der Waals surface area contributed by atoms with Crippen LogP contribution in [0.1, 0.15) is 30.9 Å². The number of nitrogens with one attached hydrogen (secondary N) is 1. The summed E-state index contributed by atoms with van der Waals surface area (Å²) in [6, 6.07) is 5.08. The summed E-state index contributed by atoms with van der Waals surface area (Å²) in [6.45, 7) is 1.60. The molecule has 12 heteroatoms. The van der Waals surface area contributed by atoms with Gasteiger partial charge in [-0.15, -0.1) is 16.4 Å². The number of nitrogens with zero attached hydrogens (tertiary/aromatic N) is 4. The molecule has 10 nitrogen and oxygen atoms in total. The SMILES string of the molecule is Cc1ccnc2nc(C(=O)OCC(=O)c3ccc(CCNS(C)(=O)=O)s3)nn12. The van der Waals surface area contributed by atoms with E-state index >= 15 is 0 Å². The van der Waals surface area contributed by atoms with Crippen molar-refractivity contribution in [3.8, 4) is 0 Å². The molecule has 0 bridgehead atoms. The number of hydrogen-bond acceptors (Lipinski definition) is 9. The van der Waals surface area contributed by atoms with E-state index in [0.717, 1.165) is 16.8 Å². The van der Waals surface area contributed by atoms with Gasteiger partial charge in [0.25, 0.3) is 11.6 Å². The van der Waals surface area contributed by atoms with Gasteiger partial charge in [-0.2, -0.15) is 4.98 Å². The summed E-state index contributed by atoms with van der Waals surface area (Å²) in [5, 5.41) is 4.02. The first-order valence-corrected chi connectivity index (χ1v) is 10.9. The number of ketones is 1.